The maximum Gasteiger partial charge on any atom is 0.322 e. The van der Waals surface area contributed by atoms with Gasteiger partial charge in [-0.2, -0.15) is 0 Å². The molecule has 9 heteroatoms. The van der Waals surface area contributed by atoms with Crippen molar-refractivity contribution in [3.63, 3.8) is 0 Å². The van der Waals surface area contributed by atoms with Crippen LogP contribution in [0.25, 0.3) is 0 Å². The van der Waals surface area contributed by atoms with Crippen molar-refractivity contribution in [3.05, 3.63) is 95.6 Å². The van der Waals surface area contributed by atoms with Crippen LogP contribution in [0.2, 0.25) is 0 Å². The Kier molecular flexibility index (Phi) is 7.53. The van der Waals surface area contributed by atoms with Crippen LogP contribution < -0.4 is 10.6 Å². The SMILES string of the molecule is C[C@]12C=CC(=O)C=C1CC[C@@H]1[C@@H]2C(=O)C[C@@]2(C)[C@H]1CC[C@]2(O)C(=O)CO.O=C1NC(=O)C(c2ccccc2)(c2ccccc2)N1. The molecule has 1 heterocycles. The number of nitrogens with one attached hydrogen (secondary N) is 2. The van der Waals surface area contributed by atoms with E-state index in [4.69, 9.17) is 0 Å². The minimum absolute atomic E-state index is 0.0206. The molecule has 7 rings (SSSR count). The molecule has 2 aromatic rings. The molecule has 0 radical (unpaired) electrons. The fourth-order valence-corrected chi connectivity index (χ4v) is 9.03. The molecule has 3 saturated carbocycles. The van der Waals surface area contributed by atoms with E-state index in [0.29, 0.717) is 12.8 Å². The molecule has 2 aromatic carbocycles. The number of carbonyl (C=O) groups excluding carboxylic acids is 5. The summed E-state index contributed by atoms with van der Waals surface area (Å²) in [7, 11) is 0. The Bertz CT molecular complexity index is 1590. The van der Waals surface area contributed by atoms with Gasteiger partial charge in [0.15, 0.2) is 17.1 Å². The summed E-state index contributed by atoms with van der Waals surface area (Å²) in [5, 5.41) is 25.5. The van der Waals surface area contributed by atoms with Crippen molar-refractivity contribution in [2.75, 3.05) is 6.61 Å². The Balaban J connectivity index is 0.000000167. The summed E-state index contributed by atoms with van der Waals surface area (Å²) >= 11 is 0. The average molecular weight is 611 g/mol. The predicted octanol–water partition coefficient (Wildman–Crippen LogP) is 3.54. The van der Waals surface area contributed by atoms with Crippen LogP contribution in [0.15, 0.2) is 84.5 Å². The number of carbonyl (C=O) groups is 5. The first-order valence-corrected chi connectivity index (χ1v) is 15.5. The Labute approximate surface area is 261 Å². The van der Waals surface area contributed by atoms with E-state index in [9.17, 15) is 34.2 Å². The highest BCUT2D eigenvalue weighted by molar-refractivity contribution is 6.09. The molecule has 9 nitrogen and oxygen atoms in total. The monoisotopic (exact) mass is 610 g/mol. The van der Waals surface area contributed by atoms with Gasteiger partial charge in [-0.05, 0) is 60.8 Å². The van der Waals surface area contributed by atoms with Gasteiger partial charge in [-0.25, -0.2) is 4.79 Å². The zero-order chi connectivity index (χ0) is 32.2. The lowest BCUT2D eigenvalue weighted by atomic mass is 9.46. The number of ketones is 3. The highest BCUT2D eigenvalue weighted by Gasteiger charge is 2.68. The maximum absolute atomic E-state index is 13.3. The van der Waals surface area contributed by atoms with Crippen molar-refractivity contribution in [2.45, 2.75) is 57.1 Å². The molecule has 4 aliphatic carbocycles. The largest absolute Gasteiger partial charge is 0.388 e. The van der Waals surface area contributed by atoms with Gasteiger partial charge in [0.25, 0.3) is 5.91 Å². The highest BCUT2D eigenvalue weighted by Crippen LogP contribution is 2.66. The van der Waals surface area contributed by atoms with Crippen LogP contribution in [-0.4, -0.2) is 51.7 Å². The van der Waals surface area contributed by atoms with Gasteiger partial charge < -0.3 is 15.5 Å². The van der Waals surface area contributed by atoms with Crippen LogP contribution in [0.3, 0.4) is 0 Å². The van der Waals surface area contributed by atoms with Crippen molar-refractivity contribution in [3.8, 4) is 0 Å². The van der Waals surface area contributed by atoms with Crippen molar-refractivity contribution in [1.82, 2.24) is 10.6 Å². The molecule has 0 unspecified atom stereocenters. The van der Waals surface area contributed by atoms with Gasteiger partial charge in [0.2, 0.25) is 0 Å². The summed E-state index contributed by atoms with van der Waals surface area (Å²) in [4.78, 5) is 61.3. The lowest BCUT2D eigenvalue weighted by Gasteiger charge is -2.56. The number of benzene rings is 2. The second kappa shape index (κ2) is 11.0. The fourth-order valence-electron chi connectivity index (χ4n) is 9.03. The third-order valence-electron chi connectivity index (χ3n) is 11.3. The summed E-state index contributed by atoms with van der Waals surface area (Å²) in [6, 6.07) is 18.0. The summed E-state index contributed by atoms with van der Waals surface area (Å²) < 4.78 is 0. The zero-order valence-electron chi connectivity index (χ0n) is 25.4. The molecule has 4 fully saturated rings. The molecule has 0 spiro atoms. The summed E-state index contributed by atoms with van der Waals surface area (Å²) in [6.45, 7) is 3.19. The van der Waals surface area contributed by atoms with Gasteiger partial charge in [0.05, 0.1) is 0 Å². The summed E-state index contributed by atoms with van der Waals surface area (Å²) in [5.41, 5.74) is -1.52. The number of fused-ring (bicyclic) bond motifs is 5. The molecule has 0 bridgehead atoms. The van der Waals surface area contributed by atoms with E-state index in [1.807, 2.05) is 80.6 Å². The van der Waals surface area contributed by atoms with Crippen LogP contribution in [0, 0.1) is 28.6 Å². The van der Waals surface area contributed by atoms with Gasteiger partial charge in [0.1, 0.15) is 18.0 Å². The van der Waals surface area contributed by atoms with Crippen LogP contribution >= 0.6 is 0 Å². The van der Waals surface area contributed by atoms with E-state index in [0.717, 1.165) is 29.5 Å². The molecule has 1 saturated heterocycles. The van der Waals surface area contributed by atoms with Gasteiger partial charge in [-0.3, -0.25) is 24.5 Å². The Hall–Kier alpha value is -4.21. The maximum atomic E-state index is 13.3. The van der Waals surface area contributed by atoms with Crippen LogP contribution in [0.4, 0.5) is 4.79 Å². The Morgan fingerprint density at radius 1 is 0.933 bits per heavy atom. The minimum Gasteiger partial charge on any atom is -0.388 e. The van der Waals surface area contributed by atoms with Crippen LogP contribution in [0.1, 0.15) is 57.1 Å². The number of rotatable bonds is 4. The molecule has 4 N–H and O–H groups in total. The minimum atomic E-state index is -1.62. The smallest absolute Gasteiger partial charge is 0.322 e. The number of urea groups is 1. The molecule has 1 aliphatic heterocycles. The summed E-state index contributed by atoms with van der Waals surface area (Å²) in [5.74, 6) is -0.942. The van der Waals surface area contributed by atoms with Crippen molar-refractivity contribution in [1.29, 1.82) is 0 Å². The zero-order valence-corrected chi connectivity index (χ0v) is 25.4. The highest BCUT2D eigenvalue weighted by atomic mass is 16.3. The molecule has 0 aromatic heterocycles. The second-order valence-electron chi connectivity index (χ2n) is 13.4. The Morgan fingerprint density at radius 3 is 2.11 bits per heavy atom. The molecule has 3 amide bonds. The third-order valence-corrected chi connectivity index (χ3v) is 11.3. The van der Waals surface area contributed by atoms with E-state index in [-0.39, 0.29) is 41.6 Å². The lowest BCUT2D eigenvalue weighted by Crippen LogP contribution is -2.60. The van der Waals surface area contributed by atoms with Crippen molar-refractivity contribution < 1.29 is 34.2 Å². The molecule has 6 atom stereocenters. The van der Waals surface area contributed by atoms with Crippen molar-refractivity contribution >= 4 is 29.3 Å². The topological polar surface area (TPSA) is 150 Å². The predicted molar refractivity (Wildman–Crippen MR) is 164 cm³/mol. The second-order valence-corrected chi connectivity index (χ2v) is 13.4. The van der Waals surface area contributed by atoms with E-state index in [1.54, 1.807) is 12.2 Å². The lowest BCUT2D eigenvalue weighted by molar-refractivity contribution is -0.168. The van der Waals surface area contributed by atoms with E-state index in [1.165, 1.54) is 0 Å². The van der Waals surface area contributed by atoms with Crippen LogP contribution in [-0.2, 0) is 24.7 Å². The molecule has 5 aliphatic rings. The molecule has 234 valence electrons. The third kappa shape index (κ3) is 4.55. The van der Waals surface area contributed by atoms with Crippen molar-refractivity contribution in [2.24, 2.45) is 28.6 Å². The van der Waals surface area contributed by atoms with Crippen LogP contribution in [0.5, 0.6) is 0 Å². The number of Topliss-reactive ketones (excluding diaryl/α,β-unsaturated/α-hetero) is 2. The fraction of sp³-hybridized carbons (Fsp3) is 0.417. The van der Waals surface area contributed by atoms with Gasteiger partial charge in [-0.1, -0.05) is 86.2 Å². The number of aliphatic hydroxyl groups excluding tert-OH is 1. The normalized spacial score (nSPS) is 34.3. The number of hydrogen-bond acceptors (Lipinski definition) is 7. The first-order chi connectivity index (χ1) is 21.4. The van der Waals surface area contributed by atoms with E-state index < -0.39 is 40.4 Å². The molecular weight excluding hydrogens is 572 g/mol. The van der Waals surface area contributed by atoms with E-state index in [2.05, 4.69) is 10.6 Å². The number of aliphatic hydroxyl groups is 2. The van der Waals surface area contributed by atoms with E-state index >= 15 is 0 Å². The first-order valence-electron chi connectivity index (χ1n) is 15.5. The molecule has 45 heavy (non-hydrogen) atoms. The number of allylic oxidation sites excluding steroid dienone is 4. The number of imide groups is 1. The quantitative estimate of drug-likeness (QED) is 0.387. The molecular formula is C36H38N2O7. The summed E-state index contributed by atoms with van der Waals surface area (Å²) in [6.07, 6.45) is 7.82. The van der Waals surface area contributed by atoms with Gasteiger partial charge in [0, 0.05) is 23.2 Å². The number of amides is 3. The number of hydrogen-bond donors (Lipinski definition) is 4. The first kappa shape index (κ1) is 30.8. The average Bonchev–Trinajstić information content (AvgIpc) is 3.49. The standard InChI is InChI=1S/C21H26O5.C15H12N2O2/c1-19-7-5-13(23)9-12(19)3-4-14-15-6-8-21(26,17(25)11-22)20(15,2)10-16(24)18(14)19;18-13-15(17-14(19)16-13,11-7-3-1-4-8-11)12-9-5-2-6-10-12/h5,7,9,14-15,18,22,26H,3-4,6,8,10-11H2,1-2H3;1-10H,(H2,16,17,18,19)/t14-,15-,18+,19-,20-,21-;/m0./s1. The Morgan fingerprint density at radius 2 is 1.56 bits per heavy atom. The van der Waals surface area contributed by atoms with Gasteiger partial charge >= 0.3 is 6.03 Å². The van der Waals surface area contributed by atoms with Gasteiger partial charge in [-0.15, -0.1) is 0 Å².